The zero-order valence-electron chi connectivity index (χ0n) is 14.5. The number of carbonyl (C=O) groups is 1. The van der Waals surface area contributed by atoms with Crippen LogP contribution in [0.2, 0.25) is 5.02 Å². The molecule has 9 heteroatoms. The van der Waals surface area contributed by atoms with Crippen LogP contribution in [0.5, 0.6) is 5.75 Å². The lowest BCUT2D eigenvalue weighted by molar-refractivity contribution is -0.121. The molecular weight excluding hydrogens is 354 g/mol. The van der Waals surface area contributed by atoms with Crippen LogP contribution in [0.1, 0.15) is 6.92 Å². The maximum atomic E-state index is 12.3. The molecule has 0 saturated carbocycles. The minimum absolute atomic E-state index is 0.267. The largest absolute Gasteiger partial charge is 0.495 e. The van der Waals surface area contributed by atoms with Gasteiger partial charge in [0.1, 0.15) is 11.8 Å². The number of anilines is 1. The first-order valence-electron chi connectivity index (χ1n) is 7.33. The lowest BCUT2D eigenvalue weighted by atomic mass is 10.2. The molecule has 1 rings (SSSR count). The van der Waals surface area contributed by atoms with E-state index in [1.54, 1.807) is 12.1 Å². The van der Waals surface area contributed by atoms with Crippen molar-refractivity contribution < 1.29 is 17.9 Å². The third-order valence-corrected chi connectivity index (χ3v) is 4.87. The van der Waals surface area contributed by atoms with Crippen LogP contribution in [0.15, 0.2) is 18.2 Å². The zero-order chi connectivity index (χ0) is 18.5. The predicted molar refractivity (Wildman–Crippen MR) is 96.4 cm³/mol. The molecule has 0 heterocycles. The average Bonchev–Trinajstić information content (AvgIpc) is 2.45. The fourth-order valence-electron chi connectivity index (χ4n) is 2.15. The maximum Gasteiger partial charge on any atom is 0.243 e. The second-order valence-corrected chi connectivity index (χ2v) is 7.91. The summed E-state index contributed by atoms with van der Waals surface area (Å²) in [6.45, 7) is 2.62. The van der Waals surface area contributed by atoms with Gasteiger partial charge in [-0.05, 0) is 39.2 Å². The molecule has 0 fully saturated rings. The number of hydrogen-bond donors (Lipinski definition) is 1. The topological polar surface area (TPSA) is 79.0 Å². The molecule has 1 unspecified atom stereocenters. The fourth-order valence-corrected chi connectivity index (χ4v) is 3.57. The molecule has 24 heavy (non-hydrogen) atoms. The number of amides is 1. The number of rotatable bonds is 8. The molecule has 0 radical (unpaired) electrons. The molecule has 0 aliphatic rings. The van der Waals surface area contributed by atoms with E-state index in [-0.39, 0.29) is 10.9 Å². The van der Waals surface area contributed by atoms with Gasteiger partial charge in [-0.3, -0.25) is 9.10 Å². The van der Waals surface area contributed by atoms with E-state index >= 15 is 0 Å². The van der Waals surface area contributed by atoms with Crippen molar-refractivity contribution in [2.24, 2.45) is 0 Å². The average molecular weight is 378 g/mol. The molecule has 0 saturated heterocycles. The molecule has 0 aliphatic heterocycles. The van der Waals surface area contributed by atoms with Crippen LogP contribution in [0.25, 0.3) is 0 Å². The van der Waals surface area contributed by atoms with Crippen molar-refractivity contribution >= 4 is 33.2 Å². The molecule has 0 aliphatic carbocycles. The van der Waals surface area contributed by atoms with Gasteiger partial charge in [0, 0.05) is 13.1 Å². The lowest BCUT2D eigenvalue weighted by Gasteiger charge is -2.28. The first-order chi connectivity index (χ1) is 11.1. The molecular formula is C15H24ClN3O4S. The van der Waals surface area contributed by atoms with Gasteiger partial charge in [0.2, 0.25) is 15.9 Å². The molecule has 1 aromatic rings. The zero-order valence-corrected chi connectivity index (χ0v) is 16.1. The smallest absolute Gasteiger partial charge is 0.243 e. The summed E-state index contributed by atoms with van der Waals surface area (Å²) in [5.41, 5.74) is 0.304. The van der Waals surface area contributed by atoms with E-state index in [1.807, 2.05) is 19.0 Å². The van der Waals surface area contributed by atoms with Crippen LogP contribution in [-0.2, 0) is 14.8 Å². The summed E-state index contributed by atoms with van der Waals surface area (Å²) in [4.78, 5) is 14.2. The molecule has 0 aromatic heterocycles. The highest BCUT2D eigenvalue weighted by atomic mass is 35.5. The van der Waals surface area contributed by atoms with Crippen LogP contribution in [0, 0.1) is 0 Å². The Morgan fingerprint density at radius 3 is 2.46 bits per heavy atom. The second kappa shape index (κ2) is 8.55. The summed E-state index contributed by atoms with van der Waals surface area (Å²) >= 11 is 6.07. The second-order valence-electron chi connectivity index (χ2n) is 5.65. The van der Waals surface area contributed by atoms with Gasteiger partial charge < -0.3 is 15.0 Å². The van der Waals surface area contributed by atoms with E-state index < -0.39 is 16.1 Å². The number of halogens is 1. The summed E-state index contributed by atoms with van der Waals surface area (Å²) < 4.78 is 30.5. The van der Waals surface area contributed by atoms with Crippen molar-refractivity contribution in [3.63, 3.8) is 0 Å². The summed E-state index contributed by atoms with van der Waals surface area (Å²) in [6.07, 6.45) is 1.05. The number of carbonyl (C=O) groups excluding carboxylic acids is 1. The molecule has 0 bridgehead atoms. The van der Waals surface area contributed by atoms with E-state index in [2.05, 4.69) is 5.32 Å². The Labute approximate surface area is 148 Å². The highest BCUT2D eigenvalue weighted by Gasteiger charge is 2.29. The Kier molecular flexibility index (Phi) is 7.31. The van der Waals surface area contributed by atoms with Gasteiger partial charge in [-0.15, -0.1) is 0 Å². The molecule has 0 spiro atoms. The Bertz CT molecular complexity index is 679. The van der Waals surface area contributed by atoms with E-state index in [1.165, 1.54) is 20.1 Å². The van der Waals surface area contributed by atoms with Gasteiger partial charge in [-0.25, -0.2) is 8.42 Å². The van der Waals surface area contributed by atoms with Gasteiger partial charge in [0.15, 0.2) is 0 Å². The number of sulfonamides is 1. The normalized spacial score (nSPS) is 12.8. The Hall–Kier alpha value is -1.51. The van der Waals surface area contributed by atoms with Crippen LogP contribution in [0.3, 0.4) is 0 Å². The number of methoxy groups -OCH3 is 1. The van der Waals surface area contributed by atoms with E-state index in [9.17, 15) is 13.2 Å². The van der Waals surface area contributed by atoms with Crippen LogP contribution >= 0.6 is 11.6 Å². The Morgan fingerprint density at radius 2 is 2.00 bits per heavy atom. The van der Waals surface area contributed by atoms with Gasteiger partial charge in [-0.2, -0.15) is 0 Å². The third-order valence-electron chi connectivity index (χ3n) is 3.34. The summed E-state index contributed by atoms with van der Waals surface area (Å²) in [6, 6.07) is 3.67. The molecule has 7 nitrogen and oxygen atoms in total. The molecule has 1 aromatic carbocycles. The van der Waals surface area contributed by atoms with Gasteiger partial charge in [0.05, 0.1) is 24.1 Å². The van der Waals surface area contributed by atoms with Crippen molar-refractivity contribution in [1.82, 2.24) is 10.2 Å². The van der Waals surface area contributed by atoms with Crippen molar-refractivity contribution in [2.75, 3.05) is 44.9 Å². The first-order valence-corrected chi connectivity index (χ1v) is 9.56. The fraction of sp³-hybridized carbons (Fsp3) is 0.533. The summed E-state index contributed by atoms with van der Waals surface area (Å²) in [5.74, 6) is 0.0474. The quantitative estimate of drug-likeness (QED) is 0.736. The molecule has 1 atom stereocenters. The summed E-state index contributed by atoms with van der Waals surface area (Å²) in [5, 5.41) is 3.00. The highest BCUT2D eigenvalue weighted by molar-refractivity contribution is 7.92. The first kappa shape index (κ1) is 20.5. The number of likely N-dealkylation sites (N-methyl/N-ethyl adjacent to an activating group) is 1. The minimum Gasteiger partial charge on any atom is -0.495 e. The van der Waals surface area contributed by atoms with Gasteiger partial charge >= 0.3 is 0 Å². The number of nitrogens with zero attached hydrogens (tertiary/aromatic N) is 2. The third kappa shape index (κ3) is 5.54. The SMILES string of the molecule is COc1ccc(N(C(C)C(=O)NCCN(C)C)S(C)(=O)=O)cc1Cl. The molecule has 1 amide bonds. The molecule has 1 N–H and O–H groups in total. The minimum atomic E-state index is -3.68. The molecule has 136 valence electrons. The van der Waals surface area contributed by atoms with E-state index in [0.717, 1.165) is 10.6 Å². The Balaban J connectivity index is 3.05. The highest BCUT2D eigenvalue weighted by Crippen LogP contribution is 2.31. The number of nitrogens with one attached hydrogen (secondary N) is 1. The van der Waals surface area contributed by atoms with Crippen molar-refractivity contribution in [3.8, 4) is 5.75 Å². The van der Waals surface area contributed by atoms with Gasteiger partial charge in [-0.1, -0.05) is 11.6 Å². The van der Waals surface area contributed by atoms with E-state index in [4.69, 9.17) is 16.3 Å². The number of ether oxygens (including phenoxy) is 1. The monoisotopic (exact) mass is 377 g/mol. The Morgan fingerprint density at radius 1 is 1.38 bits per heavy atom. The van der Waals surface area contributed by atoms with Crippen molar-refractivity contribution in [2.45, 2.75) is 13.0 Å². The van der Waals surface area contributed by atoms with Crippen LogP contribution < -0.4 is 14.4 Å². The van der Waals surface area contributed by atoms with Crippen LogP contribution in [-0.4, -0.2) is 65.8 Å². The lowest BCUT2D eigenvalue weighted by Crippen LogP contribution is -2.48. The standard InChI is InChI=1S/C15H24ClN3O4S/c1-11(15(20)17-8-9-18(2)3)19(24(5,21)22)12-6-7-14(23-4)13(16)10-12/h6-7,10-11H,8-9H2,1-5H3,(H,17,20). The number of hydrogen-bond acceptors (Lipinski definition) is 5. The maximum absolute atomic E-state index is 12.3. The summed E-state index contributed by atoms with van der Waals surface area (Å²) in [7, 11) is 1.56. The van der Waals surface area contributed by atoms with E-state index in [0.29, 0.717) is 24.5 Å². The van der Waals surface area contributed by atoms with Crippen molar-refractivity contribution in [3.05, 3.63) is 23.2 Å². The van der Waals surface area contributed by atoms with Crippen molar-refractivity contribution in [1.29, 1.82) is 0 Å². The number of benzene rings is 1. The van der Waals surface area contributed by atoms with Crippen LogP contribution in [0.4, 0.5) is 5.69 Å². The van der Waals surface area contributed by atoms with Gasteiger partial charge in [0.25, 0.3) is 0 Å². The predicted octanol–water partition coefficient (Wildman–Crippen LogP) is 1.18.